The molecule has 2 atom stereocenters. The number of alkyl halides is 6. The van der Waals surface area contributed by atoms with Gasteiger partial charge in [0.05, 0.1) is 26.9 Å². The van der Waals surface area contributed by atoms with Crippen molar-refractivity contribution < 1.29 is 45.2 Å². The van der Waals surface area contributed by atoms with Crippen molar-refractivity contribution in [3.8, 4) is 0 Å². The molecule has 0 aliphatic rings. The molecule has 2 unspecified atom stereocenters. The zero-order valence-electron chi connectivity index (χ0n) is 18.3. The number of ether oxygens (including phenoxy) is 1. The molecule has 0 saturated heterocycles. The molecule has 11 heteroatoms. The minimum absolute atomic E-state index is 0.0545. The first-order chi connectivity index (χ1) is 16.0. The van der Waals surface area contributed by atoms with E-state index < -0.39 is 46.7 Å². The Kier molecular flexibility index (Phi) is 11.5. The average Bonchev–Trinajstić information content (AvgIpc) is 2.79. The molecule has 2 rings (SSSR count). The maximum absolute atomic E-state index is 13.5. The maximum atomic E-state index is 13.5. The second kappa shape index (κ2) is 13.3. The molecule has 0 fully saturated rings. The van der Waals surface area contributed by atoms with Crippen molar-refractivity contribution in [3.05, 3.63) is 70.8 Å². The van der Waals surface area contributed by atoms with Gasteiger partial charge in [-0.05, 0) is 24.1 Å². The predicted molar refractivity (Wildman–Crippen MR) is 117 cm³/mol. The Bertz CT molecular complexity index is 912. The highest BCUT2D eigenvalue weighted by molar-refractivity contribution is 7.00. The SMILES string of the molecule is CCCCCCOC(=O)C(C(=O)c1c(C(F)(F)F)cccc1C(F)(F)F)c1ccccc1.O=[PH3]. The number of ketones is 1. The lowest BCUT2D eigenvalue weighted by molar-refractivity contribution is -0.146. The van der Waals surface area contributed by atoms with Crippen molar-refractivity contribution in [3.63, 3.8) is 0 Å². The molecule has 0 radical (unpaired) electrons. The second-order valence-electron chi connectivity index (χ2n) is 7.16. The Hall–Kier alpha value is -2.61. The highest BCUT2D eigenvalue weighted by Gasteiger charge is 2.45. The Morgan fingerprint density at radius 2 is 1.35 bits per heavy atom. The van der Waals surface area contributed by atoms with Crippen LogP contribution in [0.15, 0.2) is 48.5 Å². The maximum Gasteiger partial charge on any atom is 0.417 e. The summed E-state index contributed by atoms with van der Waals surface area (Å²) in [6.45, 7) is 1.87. The average molecular weight is 510 g/mol. The van der Waals surface area contributed by atoms with Crippen LogP contribution in [0.2, 0.25) is 0 Å². The molecule has 2 aromatic rings. The van der Waals surface area contributed by atoms with Crippen LogP contribution < -0.4 is 0 Å². The predicted octanol–water partition coefficient (Wildman–Crippen LogP) is 6.75. The van der Waals surface area contributed by atoms with Crippen molar-refractivity contribution in [2.75, 3.05) is 6.61 Å². The fraction of sp³-hybridized carbons (Fsp3) is 0.391. The molecule has 4 nitrogen and oxygen atoms in total. The second-order valence-corrected chi connectivity index (χ2v) is 7.16. The molecule has 188 valence electrons. The summed E-state index contributed by atoms with van der Waals surface area (Å²) in [7, 11) is 0.611. The van der Waals surface area contributed by atoms with Crippen LogP contribution in [-0.4, -0.2) is 18.4 Å². The smallest absolute Gasteiger partial charge is 0.417 e. The quantitative estimate of drug-likeness (QED) is 0.0935. The minimum atomic E-state index is -5.24. The van der Waals surface area contributed by atoms with Gasteiger partial charge >= 0.3 is 18.3 Å². The van der Waals surface area contributed by atoms with Gasteiger partial charge in [0.25, 0.3) is 0 Å². The van der Waals surface area contributed by atoms with Gasteiger partial charge in [0.15, 0.2) is 5.78 Å². The van der Waals surface area contributed by atoms with E-state index in [1.54, 1.807) is 0 Å². The van der Waals surface area contributed by atoms with Crippen molar-refractivity contribution in [1.29, 1.82) is 0 Å². The van der Waals surface area contributed by atoms with Crippen LogP contribution in [-0.2, 0) is 26.4 Å². The number of esters is 1. The highest BCUT2D eigenvalue weighted by Crippen LogP contribution is 2.41. The van der Waals surface area contributed by atoms with Gasteiger partial charge in [-0.1, -0.05) is 62.6 Å². The molecule has 0 heterocycles. The van der Waals surface area contributed by atoms with E-state index >= 15 is 0 Å². The monoisotopic (exact) mass is 510 g/mol. The largest absolute Gasteiger partial charge is 0.465 e. The first kappa shape index (κ1) is 29.4. The van der Waals surface area contributed by atoms with E-state index in [9.17, 15) is 35.9 Å². The van der Waals surface area contributed by atoms with Crippen LogP contribution in [0.4, 0.5) is 26.3 Å². The number of carbonyl (C=O) groups excluding carboxylic acids is 2. The molecule has 0 aliphatic heterocycles. The molecule has 0 bridgehead atoms. The first-order valence-electron chi connectivity index (χ1n) is 10.3. The summed E-state index contributed by atoms with van der Waals surface area (Å²) in [5.74, 6) is -4.77. The van der Waals surface area contributed by atoms with Gasteiger partial charge in [-0.2, -0.15) is 26.3 Å². The highest BCUT2D eigenvalue weighted by atomic mass is 31.0. The van der Waals surface area contributed by atoms with Gasteiger partial charge in [-0.3, -0.25) is 9.59 Å². The minimum Gasteiger partial charge on any atom is -0.465 e. The molecule has 0 N–H and O–H groups in total. The van der Waals surface area contributed by atoms with E-state index in [1.807, 2.05) is 6.92 Å². The van der Waals surface area contributed by atoms with Crippen molar-refractivity contribution in [2.24, 2.45) is 0 Å². The normalized spacial score (nSPS) is 12.4. The van der Waals surface area contributed by atoms with E-state index in [-0.39, 0.29) is 12.2 Å². The number of unbranched alkanes of at least 4 members (excludes halogenated alkanes) is 3. The van der Waals surface area contributed by atoms with Crippen molar-refractivity contribution in [1.82, 2.24) is 0 Å². The van der Waals surface area contributed by atoms with Crippen LogP contribution in [0.5, 0.6) is 0 Å². The van der Waals surface area contributed by atoms with Crippen LogP contribution >= 0.6 is 9.12 Å². The number of Topliss-reactive ketones (excluding diaryl/α,β-unsaturated/α-hetero) is 1. The number of benzene rings is 2. The number of hydrogen-bond donors (Lipinski definition) is 0. The lowest BCUT2D eigenvalue weighted by Crippen LogP contribution is -2.29. The Labute approximate surface area is 194 Å². The fourth-order valence-electron chi connectivity index (χ4n) is 3.26. The van der Waals surface area contributed by atoms with Crippen LogP contribution in [0.1, 0.15) is 65.6 Å². The number of halogens is 6. The third kappa shape index (κ3) is 8.01. The summed E-state index contributed by atoms with van der Waals surface area (Å²) >= 11 is 0. The summed E-state index contributed by atoms with van der Waals surface area (Å²) in [5.41, 5.74) is -5.16. The topological polar surface area (TPSA) is 60.4 Å². The fourth-order valence-corrected chi connectivity index (χ4v) is 3.26. The third-order valence-corrected chi connectivity index (χ3v) is 4.79. The molecule has 0 aliphatic carbocycles. The standard InChI is InChI=1S/C23H22F6O3.H3OP/c1-2-3-4-8-14-32-21(31)18(15-10-6-5-7-11-15)20(30)19-16(22(24,25)26)12-9-13-17(19)23(27,28)29;1-2/h5-7,9-13,18H,2-4,8,14H2,1H3;2H3. The van der Waals surface area contributed by atoms with Crippen molar-refractivity contribution >= 4 is 20.9 Å². The van der Waals surface area contributed by atoms with Crippen molar-refractivity contribution in [2.45, 2.75) is 50.9 Å². The Morgan fingerprint density at radius 1 is 0.824 bits per heavy atom. The molecular formula is C23H25F6O4P. The van der Waals surface area contributed by atoms with Gasteiger partial charge in [0.2, 0.25) is 0 Å². The van der Waals surface area contributed by atoms with E-state index in [0.29, 0.717) is 33.7 Å². The summed E-state index contributed by atoms with van der Waals surface area (Å²) in [6.07, 6.45) is -7.51. The van der Waals surface area contributed by atoms with E-state index in [0.717, 1.165) is 19.3 Å². The Balaban J connectivity index is 0.00000281. The molecule has 0 amide bonds. The van der Waals surface area contributed by atoms with E-state index in [4.69, 9.17) is 9.30 Å². The number of rotatable bonds is 9. The summed E-state index contributed by atoms with van der Waals surface area (Å²) < 4.78 is 94.5. The van der Waals surface area contributed by atoms with Gasteiger partial charge in [-0.15, -0.1) is 0 Å². The number of hydrogen-bond acceptors (Lipinski definition) is 4. The molecular weight excluding hydrogens is 485 g/mol. The lowest BCUT2D eigenvalue weighted by atomic mass is 9.85. The van der Waals surface area contributed by atoms with Crippen LogP contribution in [0.25, 0.3) is 0 Å². The van der Waals surface area contributed by atoms with Gasteiger partial charge in [-0.25, -0.2) is 0 Å². The molecule has 0 spiro atoms. The van der Waals surface area contributed by atoms with Gasteiger partial charge in [0.1, 0.15) is 5.92 Å². The van der Waals surface area contributed by atoms with E-state index in [2.05, 4.69) is 0 Å². The van der Waals surface area contributed by atoms with Gasteiger partial charge < -0.3 is 9.30 Å². The number of carbonyl (C=O) groups is 2. The zero-order chi connectivity index (χ0) is 25.9. The van der Waals surface area contributed by atoms with Crippen LogP contribution in [0.3, 0.4) is 0 Å². The summed E-state index contributed by atoms with van der Waals surface area (Å²) in [6, 6.07) is 8.29. The molecule has 0 aromatic heterocycles. The van der Waals surface area contributed by atoms with Crippen LogP contribution in [0, 0.1) is 0 Å². The first-order valence-corrected chi connectivity index (χ1v) is 10.9. The molecule has 2 aromatic carbocycles. The lowest BCUT2D eigenvalue weighted by Gasteiger charge is -2.21. The van der Waals surface area contributed by atoms with Gasteiger partial charge in [0, 0.05) is 5.56 Å². The molecule has 34 heavy (non-hydrogen) atoms. The third-order valence-electron chi connectivity index (χ3n) is 4.79. The Morgan fingerprint density at radius 3 is 1.82 bits per heavy atom. The summed E-state index contributed by atoms with van der Waals surface area (Å²) in [4.78, 5) is 25.9. The molecule has 0 saturated carbocycles. The van der Waals surface area contributed by atoms with E-state index in [1.165, 1.54) is 30.3 Å². The summed E-state index contributed by atoms with van der Waals surface area (Å²) in [5, 5.41) is 0. The zero-order valence-corrected chi connectivity index (χ0v) is 19.8.